The molecule has 164 valence electrons. The van der Waals surface area contributed by atoms with Crippen molar-refractivity contribution in [1.29, 1.82) is 0 Å². The number of fused-ring (bicyclic) bond motifs is 1. The van der Waals surface area contributed by atoms with E-state index < -0.39 is 0 Å². The Bertz CT molecular complexity index is 964. The summed E-state index contributed by atoms with van der Waals surface area (Å²) in [4.78, 5) is 24.5. The lowest BCUT2D eigenvalue weighted by Crippen LogP contribution is -2.32. The van der Waals surface area contributed by atoms with E-state index in [0.29, 0.717) is 18.0 Å². The number of hydrogen-bond donors (Lipinski definition) is 1. The Morgan fingerprint density at radius 3 is 2.84 bits per heavy atom. The molecule has 0 spiro atoms. The minimum atomic E-state index is -0.216. The molecule has 4 rings (SSSR count). The zero-order valence-corrected chi connectivity index (χ0v) is 18.5. The molecule has 0 bridgehead atoms. The van der Waals surface area contributed by atoms with Crippen LogP contribution >= 0.6 is 11.8 Å². The van der Waals surface area contributed by atoms with E-state index in [-0.39, 0.29) is 36.1 Å². The molecule has 31 heavy (non-hydrogen) atoms. The fourth-order valence-electron chi connectivity index (χ4n) is 3.65. The molecule has 2 amide bonds. The summed E-state index contributed by atoms with van der Waals surface area (Å²) in [6.07, 6.45) is 0.966. The van der Waals surface area contributed by atoms with Crippen molar-refractivity contribution in [3.8, 4) is 17.2 Å². The monoisotopic (exact) mass is 442 g/mol. The van der Waals surface area contributed by atoms with Crippen LogP contribution in [-0.2, 0) is 17.8 Å². The van der Waals surface area contributed by atoms with E-state index in [1.165, 1.54) is 16.0 Å². The van der Waals surface area contributed by atoms with E-state index in [4.69, 9.17) is 14.2 Å². The molecule has 1 N–H and O–H groups in total. The second kappa shape index (κ2) is 9.62. The van der Waals surface area contributed by atoms with Crippen LogP contribution in [0.2, 0.25) is 0 Å². The lowest BCUT2D eigenvalue weighted by atomic mass is 10.0. The number of hydrogen-bond acceptors (Lipinski definition) is 7. The van der Waals surface area contributed by atoms with Crippen molar-refractivity contribution >= 4 is 22.9 Å². The summed E-state index contributed by atoms with van der Waals surface area (Å²) in [5, 5.41) is 3.33. The van der Waals surface area contributed by atoms with Crippen LogP contribution in [0.5, 0.6) is 17.2 Å². The smallest absolute Gasteiger partial charge is 0.288 e. The summed E-state index contributed by atoms with van der Waals surface area (Å²) < 4.78 is 16.8. The summed E-state index contributed by atoms with van der Waals surface area (Å²) >= 11 is 1.03. The molecule has 2 aromatic carbocycles. The highest BCUT2D eigenvalue weighted by atomic mass is 32.2. The number of imide groups is 1. The molecule has 2 heterocycles. The maximum Gasteiger partial charge on any atom is 0.288 e. The van der Waals surface area contributed by atoms with Crippen molar-refractivity contribution in [1.82, 2.24) is 10.2 Å². The van der Waals surface area contributed by atoms with Gasteiger partial charge in [0.15, 0.2) is 11.5 Å². The van der Waals surface area contributed by atoms with Gasteiger partial charge in [-0.25, -0.2) is 0 Å². The number of nitrogens with zero attached hydrogens (tertiary/aromatic N) is 1. The molecule has 1 saturated heterocycles. The number of carbonyl (C=O) groups is 2. The van der Waals surface area contributed by atoms with Crippen molar-refractivity contribution < 1.29 is 23.8 Å². The van der Waals surface area contributed by atoms with Crippen molar-refractivity contribution in [3.05, 3.63) is 53.1 Å². The van der Waals surface area contributed by atoms with Gasteiger partial charge in [0.25, 0.3) is 5.24 Å². The number of thioether (sulfide) groups is 1. The number of ether oxygens (including phenoxy) is 3. The number of methoxy groups -OCH3 is 1. The average molecular weight is 443 g/mol. The van der Waals surface area contributed by atoms with Gasteiger partial charge in [-0.15, -0.1) is 0 Å². The predicted octanol–water partition coefficient (Wildman–Crippen LogP) is 3.56. The van der Waals surface area contributed by atoms with Crippen LogP contribution in [0.25, 0.3) is 0 Å². The molecule has 1 fully saturated rings. The van der Waals surface area contributed by atoms with Crippen LogP contribution in [0.3, 0.4) is 0 Å². The molecule has 0 saturated carbocycles. The second-order valence-electron chi connectivity index (χ2n) is 7.50. The molecular formula is C23H26N2O5S. The van der Waals surface area contributed by atoms with Gasteiger partial charge in [0, 0.05) is 19.0 Å². The van der Waals surface area contributed by atoms with Gasteiger partial charge in [-0.2, -0.15) is 0 Å². The summed E-state index contributed by atoms with van der Waals surface area (Å²) in [6.45, 7) is 4.05. The predicted molar refractivity (Wildman–Crippen MR) is 119 cm³/mol. The fourth-order valence-corrected chi connectivity index (χ4v) is 4.40. The summed E-state index contributed by atoms with van der Waals surface area (Å²) in [6, 6.07) is 12.3. The Hall–Kier alpha value is -2.71. The van der Waals surface area contributed by atoms with Crippen molar-refractivity contribution in [2.24, 2.45) is 0 Å². The van der Waals surface area contributed by atoms with Crippen LogP contribution in [0.1, 0.15) is 29.7 Å². The average Bonchev–Trinajstić information content (AvgIpc) is 3.38. The molecule has 0 aliphatic carbocycles. The van der Waals surface area contributed by atoms with E-state index in [1.807, 2.05) is 24.3 Å². The van der Waals surface area contributed by atoms with Gasteiger partial charge in [-0.05, 0) is 41.8 Å². The number of amides is 2. The molecule has 2 aromatic rings. The standard InChI is InChI=1S/C23H26N2O5S/c1-15(17-4-6-19-18(12-17)7-9-29-19)24-13-16-3-5-20(21(11-16)28-2)30-10-8-25-22(26)14-31-23(25)27/h3-6,11-12,15,24H,7-10,13-14H2,1-2H3. The summed E-state index contributed by atoms with van der Waals surface area (Å²) in [5.74, 6) is 2.24. The normalized spacial score (nSPS) is 16.3. The first-order valence-corrected chi connectivity index (χ1v) is 11.3. The summed E-state index contributed by atoms with van der Waals surface area (Å²) in [5.41, 5.74) is 3.58. The first kappa shape index (κ1) is 21.5. The van der Waals surface area contributed by atoms with Crippen LogP contribution in [0, 0.1) is 0 Å². The number of carbonyl (C=O) groups excluding carboxylic acids is 2. The van der Waals surface area contributed by atoms with Crippen molar-refractivity contribution in [2.75, 3.05) is 32.6 Å². The molecule has 1 atom stereocenters. The molecule has 1 unspecified atom stereocenters. The van der Waals surface area contributed by atoms with Crippen LogP contribution in [0.4, 0.5) is 4.79 Å². The third kappa shape index (κ3) is 4.97. The molecule has 0 radical (unpaired) electrons. The van der Waals surface area contributed by atoms with E-state index in [1.54, 1.807) is 7.11 Å². The molecule has 8 heteroatoms. The maximum atomic E-state index is 11.7. The molecule has 0 aromatic heterocycles. The topological polar surface area (TPSA) is 77.1 Å². The SMILES string of the molecule is COc1cc(CNC(C)c2ccc3c(c2)CCO3)ccc1OCCN1C(=O)CSC1=O. The Morgan fingerprint density at radius 1 is 1.19 bits per heavy atom. The van der Waals surface area contributed by atoms with Crippen LogP contribution < -0.4 is 19.5 Å². The fraction of sp³-hybridized carbons (Fsp3) is 0.391. The minimum Gasteiger partial charge on any atom is -0.493 e. The highest BCUT2D eigenvalue weighted by Gasteiger charge is 2.29. The Morgan fingerprint density at radius 2 is 2.06 bits per heavy atom. The Labute approximate surface area is 186 Å². The lowest BCUT2D eigenvalue weighted by molar-refractivity contribution is -0.124. The maximum absolute atomic E-state index is 11.7. The van der Waals surface area contributed by atoms with Gasteiger partial charge >= 0.3 is 0 Å². The highest BCUT2D eigenvalue weighted by molar-refractivity contribution is 8.14. The van der Waals surface area contributed by atoms with Crippen molar-refractivity contribution in [2.45, 2.75) is 25.9 Å². The zero-order valence-electron chi connectivity index (χ0n) is 17.7. The Balaban J connectivity index is 1.32. The summed E-state index contributed by atoms with van der Waals surface area (Å²) in [7, 11) is 1.60. The van der Waals surface area contributed by atoms with Gasteiger partial charge in [-0.3, -0.25) is 14.5 Å². The number of benzene rings is 2. The van der Waals surface area contributed by atoms with E-state index >= 15 is 0 Å². The molecular weight excluding hydrogens is 416 g/mol. The molecule has 7 nitrogen and oxygen atoms in total. The van der Waals surface area contributed by atoms with E-state index in [0.717, 1.165) is 36.1 Å². The van der Waals surface area contributed by atoms with Gasteiger partial charge in [0.1, 0.15) is 12.4 Å². The first-order valence-electron chi connectivity index (χ1n) is 10.3. The van der Waals surface area contributed by atoms with Gasteiger partial charge in [0.05, 0.1) is 26.0 Å². The van der Waals surface area contributed by atoms with Gasteiger partial charge < -0.3 is 19.5 Å². The van der Waals surface area contributed by atoms with Gasteiger partial charge in [-0.1, -0.05) is 30.0 Å². The quantitative estimate of drug-likeness (QED) is 0.636. The second-order valence-corrected chi connectivity index (χ2v) is 8.43. The third-order valence-electron chi connectivity index (χ3n) is 5.47. The largest absolute Gasteiger partial charge is 0.493 e. The van der Waals surface area contributed by atoms with Crippen LogP contribution in [-0.4, -0.2) is 48.7 Å². The Kier molecular flexibility index (Phi) is 6.67. The third-order valence-corrected chi connectivity index (χ3v) is 6.33. The highest BCUT2D eigenvalue weighted by Crippen LogP contribution is 2.30. The lowest BCUT2D eigenvalue weighted by Gasteiger charge is -2.17. The zero-order chi connectivity index (χ0) is 21.8. The molecule has 2 aliphatic heterocycles. The van der Waals surface area contributed by atoms with E-state index in [2.05, 4.69) is 24.4 Å². The van der Waals surface area contributed by atoms with Crippen LogP contribution in [0.15, 0.2) is 36.4 Å². The first-order chi connectivity index (χ1) is 15.0. The minimum absolute atomic E-state index is 0.169. The van der Waals surface area contributed by atoms with Gasteiger partial charge in [0.2, 0.25) is 5.91 Å². The van der Waals surface area contributed by atoms with E-state index in [9.17, 15) is 9.59 Å². The van der Waals surface area contributed by atoms with Crippen molar-refractivity contribution in [3.63, 3.8) is 0 Å². The number of rotatable bonds is 9. The molecule has 2 aliphatic rings. The number of nitrogens with one attached hydrogen (secondary N) is 1.